The van der Waals surface area contributed by atoms with Gasteiger partial charge in [-0.2, -0.15) is 5.26 Å². The Hall–Kier alpha value is -4.18. The van der Waals surface area contributed by atoms with Crippen LogP contribution in [0.5, 0.6) is 5.75 Å². The van der Waals surface area contributed by atoms with Gasteiger partial charge in [-0.3, -0.25) is 4.79 Å². The molecule has 4 aromatic rings. The third-order valence-electron chi connectivity index (χ3n) is 4.51. The number of carbonyl (C=O) groups is 1. The van der Waals surface area contributed by atoms with Crippen molar-refractivity contribution in [3.05, 3.63) is 83.7 Å². The number of amides is 1. The Bertz CT molecular complexity index is 1200. The Morgan fingerprint density at radius 3 is 2.48 bits per heavy atom. The van der Waals surface area contributed by atoms with Crippen molar-refractivity contribution >= 4 is 11.6 Å². The number of aromatic nitrogens is 3. The lowest BCUT2D eigenvalue weighted by atomic mass is 10.1. The maximum absolute atomic E-state index is 11.5. The predicted octanol–water partition coefficient (Wildman–Crippen LogP) is 2.94. The number of fused-ring (bicyclic) bond motifs is 1. The van der Waals surface area contributed by atoms with Gasteiger partial charge in [0.1, 0.15) is 12.4 Å². The molecule has 0 spiro atoms. The fourth-order valence-corrected chi connectivity index (χ4v) is 3.00. The highest BCUT2D eigenvalue weighted by molar-refractivity contribution is 5.99. The molecule has 4 rings (SSSR count). The molecule has 29 heavy (non-hydrogen) atoms. The number of pyridine rings is 1. The van der Waals surface area contributed by atoms with Crippen molar-refractivity contribution in [2.24, 2.45) is 5.73 Å². The van der Waals surface area contributed by atoms with Crippen LogP contribution in [0.2, 0.25) is 0 Å². The second-order valence-electron chi connectivity index (χ2n) is 6.41. The van der Waals surface area contributed by atoms with E-state index in [9.17, 15) is 4.79 Å². The van der Waals surface area contributed by atoms with Crippen LogP contribution in [0.4, 0.5) is 0 Å². The lowest BCUT2D eigenvalue weighted by molar-refractivity contribution is 0.100. The standard InChI is InChI=1S/C22H16N5O2/c23-12-11-15-3-7-18(8-4-15)29-13-16-1-5-17(6-2-16)20-10-9-19(21(24)28)22-25-14-26-27(20)22/h1-10H,11,13H2,(H2,24,28). The van der Waals surface area contributed by atoms with Gasteiger partial charge in [0.05, 0.1) is 23.7 Å². The maximum atomic E-state index is 11.5. The molecule has 0 aliphatic rings. The van der Waals surface area contributed by atoms with Crippen molar-refractivity contribution in [2.75, 3.05) is 0 Å². The summed E-state index contributed by atoms with van der Waals surface area (Å²) in [6, 6.07) is 20.9. The summed E-state index contributed by atoms with van der Waals surface area (Å²) in [4.78, 5) is 15.6. The number of rotatable bonds is 6. The summed E-state index contributed by atoms with van der Waals surface area (Å²) >= 11 is 0. The molecule has 0 saturated carbocycles. The Kier molecular flexibility index (Phi) is 4.91. The molecule has 0 atom stereocenters. The molecule has 2 aromatic heterocycles. The molecule has 1 amide bonds. The van der Waals surface area contributed by atoms with E-state index in [0.29, 0.717) is 24.2 Å². The van der Waals surface area contributed by atoms with Gasteiger partial charge in [-0.15, -0.1) is 5.10 Å². The van der Waals surface area contributed by atoms with Gasteiger partial charge in [-0.05, 0) is 35.4 Å². The number of nitriles is 1. The van der Waals surface area contributed by atoms with Gasteiger partial charge in [0, 0.05) is 5.56 Å². The minimum atomic E-state index is -0.559. The van der Waals surface area contributed by atoms with Crippen molar-refractivity contribution in [1.29, 1.82) is 5.26 Å². The van der Waals surface area contributed by atoms with Crippen LogP contribution in [0.1, 0.15) is 21.5 Å². The molecule has 2 aromatic carbocycles. The molecule has 0 aliphatic heterocycles. The highest BCUT2D eigenvalue weighted by Crippen LogP contribution is 2.23. The predicted molar refractivity (Wildman–Crippen MR) is 106 cm³/mol. The van der Waals surface area contributed by atoms with E-state index in [-0.39, 0.29) is 0 Å². The third-order valence-corrected chi connectivity index (χ3v) is 4.51. The number of carbonyl (C=O) groups excluding carboxylic acids is 1. The van der Waals surface area contributed by atoms with E-state index in [1.54, 1.807) is 16.6 Å². The Labute approximate surface area is 167 Å². The molecule has 0 bridgehead atoms. The molecule has 2 N–H and O–H groups in total. The first-order chi connectivity index (χ1) is 14.2. The molecule has 7 nitrogen and oxygen atoms in total. The van der Waals surface area contributed by atoms with Gasteiger partial charge in [0.25, 0.3) is 5.91 Å². The summed E-state index contributed by atoms with van der Waals surface area (Å²) < 4.78 is 7.35. The molecule has 2 heterocycles. The third kappa shape index (κ3) is 3.77. The van der Waals surface area contributed by atoms with Crippen molar-refractivity contribution in [3.8, 4) is 23.1 Å². The quantitative estimate of drug-likeness (QED) is 0.552. The van der Waals surface area contributed by atoms with Crippen LogP contribution in [0.15, 0.2) is 60.7 Å². The Balaban J connectivity index is 1.50. The monoisotopic (exact) mass is 382 g/mol. The van der Waals surface area contributed by atoms with Crippen LogP contribution in [-0.2, 0) is 13.0 Å². The van der Waals surface area contributed by atoms with E-state index >= 15 is 0 Å². The van der Waals surface area contributed by atoms with Gasteiger partial charge >= 0.3 is 0 Å². The molecule has 141 valence electrons. The van der Waals surface area contributed by atoms with Gasteiger partial charge in [-0.25, -0.2) is 9.50 Å². The summed E-state index contributed by atoms with van der Waals surface area (Å²) in [5.41, 5.74) is 9.72. The van der Waals surface area contributed by atoms with Gasteiger partial charge in [0.2, 0.25) is 6.33 Å². The first kappa shape index (κ1) is 18.2. The summed E-state index contributed by atoms with van der Waals surface area (Å²) in [5.74, 6) is 0.189. The largest absolute Gasteiger partial charge is 0.489 e. The molecule has 7 heteroatoms. The van der Waals surface area contributed by atoms with Gasteiger partial charge in [0.15, 0.2) is 5.65 Å². The first-order valence-corrected chi connectivity index (χ1v) is 8.89. The van der Waals surface area contributed by atoms with Crippen molar-refractivity contribution in [3.63, 3.8) is 0 Å². The van der Waals surface area contributed by atoms with Gasteiger partial charge in [-0.1, -0.05) is 36.4 Å². The number of hydrogen-bond acceptors (Lipinski definition) is 5. The van der Waals surface area contributed by atoms with Gasteiger partial charge < -0.3 is 10.5 Å². The number of primary amides is 1. The van der Waals surface area contributed by atoms with Crippen LogP contribution < -0.4 is 10.5 Å². The normalized spacial score (nSPS) is 10.6. The van der Waals surface area contributed by atoms with Crippen LogP contribution in [0.3, 0.4) is 0 Å². The topological polar surface area (TPSA) is 106 Å². The van der Waals surface area contributed by atoms with E-state index in [1.165, 1.54) is 0 Å². The number of ether oxygens (including phenoxy) is 1. The lowest BCUT2D eigenvalue weighted by Crippen LogP contribution is -2.13. The highest BCUT2D eigenvalue weighted by Gasteiger charge is 2.13. The second-order valence-corrected chi connectivity index (χ2v) is 6.41. The van der Waals surface area contributed by atoms with Crippen molar-refractivity contribution in [2.45, 2.75) is 13.0 Å². The average Bonchev–Trinajstić information content (AvgIpc) is 3.23. The second kappa shape index (κ2) is 7.82. The smallest absolute Gasteiger partial charge is 0.252 e. The average molecular weight is 382 g/mol. The fourth-order valence-electron chi connectivity index (χ4n) is 3.00. The SMILES string of the molecule is N#CCc1ccc(OCc2ccc(-c3ccc(C(N)=O)c4n[c]nn34)cc2)cc1. The molecule has 0 saturated heterocycles. The van der Waals surface area contributed by atoms with Crippen molar-refractivity contribution < 1.29 is 9.53 Å². The van der Waals surface area contributed by atoms with E-state index in [1.807, 2.05) is 48.5 Å². The molecular weight excluding hydrogens is 366 g/mol. The van der Waals surface area contributed by atoms with Crippen LogP contribution in [0.25, 0.3) is 16.9 Å². The lowest BCUT2D eigenvalue weighted by Gasteiger charge is -2.09. The molecule has 0 unspecified atom stereocenters. The Morgan fingerprint density at radius 2 is 1.79 bits per heavy atom. The fraction of sp³-hybridized carbons (Fsp3) is 0.0909. The zero-order chi connectivity index (χ0) is 20.2. The molecule has 1 radical (unpaired) electrons. The molecule has 0 fully saturated rings. The minimum absolute atomic E-state index is 0.299. The first-order valence-electron chi connectivity index (χ1n) is 8.89. The van der Waals surface area contributed by atoms with E-state index in [4.69, 9.17) is 15.7 Å². The van der Waals surface area contributed by atoms with Crippen molar-refractivity contribution in [1.82, 2.24) is 14.6 Å². The molecular formula is C22H16N5O2. The number of nitrogens with zero attached hydrogens (tertiary/aromatic N) is 4. The highest BCUT2D eigenvalue weighted by atomic mass is 16.5. The number of nitrogens with two attached hydrogens (primary N) is 1. The van der Waals surface area contributed by atoms with Crippen LogP contribution in [-0.4, -0.2) is 20.5 Å². The zero-order valence-electron chi connectivity index (χ0n) is 15.4. The maximum Gasteiger partial charge on any atom is 0.252 e. The number of benzene rings is 2. The van der Waals surface area contributed by atoms with Crippen LogP contribution >= 0.6 is 0 Å². The summed E-state index contributed by atoms with van der Waals surface area (Å²) in [6.07, 6.45) is 2.91. The summed E-state index contributed by atoms with van der Waals surface area (Å²) in [7, 11) is 0. The number of hydrogen-bond donors (Lipinski definition) is 1. The zero-order valence-corrected chi connectivity index (χ0v) is 15.4. The van der Waals surface area contributed by atoms with E-state index in [2.05, 4.69) is 22.5 Å². The Morgan fingerprint density at radius 1 is 1.07 bits per heavy atom. The van der Waals surface area contributed by atoms with Crippen LogP contribution in [0, 0.1) is 17.7 Å². The van der Waals surface area contributed by atoms with E-state index in [0.717, 1.165) is 28.1 Å². The molecule has 0 aliphatic carbocycles. The minimum Gasteiger partial charge on any atom is -0.489 e. The summed E-state index contributed by atoms with van der Waals surface area (Å²) in [6.45, 7) is 0.422. The summed E-state index contributed by atoms with van der Waals surface area (Å²) in [5, 5.41) is 12.8. The van der Waals surface area contributed by atoms with E-state index < -0.39 is 5.91 Å².